The molecular weight excluding hydrogens is 255 g/mol. The van der Waals surface area contributed by atoms with Crippen LogP contribution in [0.25, 0.3) is 0 Å². The van der Waals surface area contributed by atoms with Gasteiger partial charge in [-0.3, -0.25) is 4.68 Å². The Kier molecular flexibility index (Phi) is 4.50. The first-order valence-corrected chi connectivity index (χ1v) is 6.81. The maximum atomic E-state index is 12.7. The number of nitrogens with zero attached hydrogens (tertiary/aromatic N) is 2. The van der Waals surface area contributed by atoms with Crippen molar-refractivity contribution in [3.05, 3.63) is 18.0 Å². The second-order valence-corrected chi connectivity index (χ2v) is 5.12. The van der Waals surface area contributed by atoms with Crippen LogP contribution in [0, 0.1) is 5.92 Å². The van der Waals surface area contributed by atoms with Crippen molar-refractivity contribution in [3.63, 3.8) is 0 Å². The third kappa shape index (κ3) is 3.72. The number of nitrogens with one attached hydrogen (secondary N) is 1. The van der Waals surface area contributed by atoms with Crippen molar-refractivity contribution in [2.45, 2.75) is 57.9 Å². The van der Waals surface area contributed by atoms with Crippen LogP contribution in [-0.2, 0) is 13.1 Å². The Balaban J connectivity index is 1.86. The molecule has 1 N–H and O–H groups in total. The monoisotopic (exact) mass is 275 g/mol. The highest BCUT2D eigenvalue weighted by Crippen LogP contribution is 2.37. The summed E-state index contributed by atoms with van der Waals surface area (Å²) in [6.45, 7) is 3.36. The highest BCUT2D eigenvalue weighted by Gasteiger charge is 2.41. The van der Waals surface area contributed by atoms with E-state index < -0.39 is 12.1 Å². The molecule has 0 spiro atoms. The lowest BCUT2D eigenvalue weighted by molar-refractivity contribution is -0.183. The van der Waals surface area contributed by atoms with Crippen molar-refractivity contribution in [1.29, 1.82) is 0 Å². The number of aromatic nitrogens is 2. The number of alkyl halides is 3. The van der Waals surface area contributed by atoms with Gasteiger partial charge >= 0.3 is 6.18 Å². The minimum absolute atomic E-state index is 0.0411. The van der Waals surface area contributed by atoms with E-state index in [9.17, 15) is 13.2 Å². The molecular formula is C13H20F3N3. The average Bonchev–Trinajstić information content (AvgIpc) is 2.83. The summed E-state index contributed by atoms with van der Waals surface area (Å²) < 4.78 is 40.0. The summed E-state index contributed by atoms with van der Waals surface area (Å²) in [4.78, 5) is 0. The van der Waals surface area contributed by atoms with Crippen LogP contribution in [0.2, 0.25) is 0 Å². The minimum atomic E-state index is -4.05. The van der Waals surface area contributed by atoms with Crippen LogP contribution < -0.4 is 5.32 Å². The van der Waals surface area contributed by atoms with Crippen LogP contribution >= 0.6 is 0 Å². The SMILES string of the molecule is CCn1nccc1CNC1CCCC(C(F)(F)F)C1. The summed E-state index contributed by atoms with van der Waals surface area (Å²) in [6.07, 6.45) is -0.383. The van der Waals surface area contributed by atoms with E-state index in [1.165, 1.54) is 0 Å². The molecule has 2 atom stereocenters. The van der Waals surface area contributed by atoms with E-state index in [1.807, 2.05) is 17.7 Å². The Bertz CT molecular complexity index is 400. The van der Waals surface area contributed by atoms with Gasteiger partial charge < -0.3 is 5.32 Å². The fourth-order valence-corrected chi connectivity index (χ4v) is 2.72. The molecule has 1 aliphatic rings. The molecule has 6 heteroatoms. The molecule has 0 bridgehead atoms. The van der Waals surface area contributed by atoms with Gasteiger partial charge in [-0.1, -0.05) is 6.42 Å². The molecule has 1 heterocycles. The second-order valence-electron chi connectivity index (χ2n) is 5.12. The number of aryl methyl sites for hydroxylation is 1. The average molecular weight is 275 g/mol. The fourth-order valence-electron chi connectivity index (χ4n) is 2.72. The van der Waals surface area contributed by atoms with Gasteiger partial charge in [0.2, 0.25) is 0 Å². The molecule has 0 aromatic carbocycles. The predicted octanol–water partition coefficient (Wildman–Crippen LogP) is 3.11. The number of rotatable bonds is 4. The molecule has 1 saturated carbocycles. The van der Waals surface area contributed by atoms with Crippen molar-refractivity contribution >= 4 is 0 Å². The molecule has 1 aromatic heterocycles. The van der Waals surface area contributed by atoms with Crippen LogP contribution in [0.5, 0.6) is 0 Å². The molecule has 0 amide bonds. The third-order valence-electron chi connectivity index (χ3n) is 3.81. The molecule has 2 unspecified atom stereocenters. The van der Waals surface area contributed by atoms with Crippen molar-refractivity contribution in [3.8, 4) is 0 Å². The highest BCUT2D eigenvalue weighted by molar-refractivity contribution is 5.00. The summed E-state index contributed by atoms with van der Waals surface area (Å²) >= 11 is 0. The fraction of sp³-hybridized carbons (Fsp3) is 0.769. The van der Waals surface area contributed by atoms with Crippen LogP contribution in [0.15, 0.2) is 12.3 Å². The van der Waals surface area contributed by atoms with Crippen molar-refractivity contribution < 1.29 is 13.2 Å². The minimum Gasteiger partial charge on any atom is -0.308 e. The summed E-state index contributed by atoms with van der Waals surface area (Å²) in [6, 6.07) is 1.86. The van der Waals surface area contributed by atoms with Gasteiger partial charge in [-0.05, 0) is 32.3 Å². The van der Waals surface area contributed by atoms with Gasteiger partial charge in [-0.2, -0.15) is 18.3 Å². The van der Waals surface area contributed by atoms with Gasteiger partial charge in [0.15, 0.2) is 0 Å². The lowest BCUT2D eigenvalue weighted by Crippen LogP contribution is -2.38. The van der Waals surface area contributed by atoms with Crippen LogP contribution in [-0.4, -0.2) is 22.0 Å². The summed E-state index contributed by atoms with van der Waals surface area (Å²) in [5.41, 5.74) is 1.02. The van der Waals surface area contributed by atoms with Gasteiger partial charge in [-0.25, -0.2) is 0 Å². The Morgan fingerprint density at radius 3 is 2.89 bits per heavy atom. The van der Waals surface area contributed by atoms with E-state index in [0.717, 1.165) is 18.7 Å². The van der Waals surface area contributed by atoms with Gasteiger partial charge in [0.05, 0.1) is 11.6 Å². The van der Waals surface area contributed by atoms with Crippen LogP contribution in [0.1, 0.15) is 38.3 Å². The van der Waals surface area contributed by atoms with Crippen LogP contribution in [0.3, 0.4) is 0 Å². The zero-order valence-corrected chi connectivity index (χ0v) is 11.1. The summed E-state index contributed by atoms with van der Waals surface area (Å²) in [7, 11) is 0. The second kappa shape index (κ2) is 5.94. The summed E-state index contributed by atoms with van der Waals surface area (Å²) in [5, 5.41) is 7.39. The zero-order chi connectivity index (χ0) is 13.9. The highest BCUT2D eigenvalue weighted by atomic mass is 19.4. The molecule has 0 saturated heterocycles. The van der Waals surface area contributed by atoms with E-state index in [2.05, 4.69) is 10.4 Å². The Morgan fingerprint density at radius 2 is 2.21 bits per heavy atom. The number of hydrogen-bond acceptors (Lipinski definition) is 2. The quantitative estimate of drug-likeness (QED) is 0.915. The summed E-state index contributed by atoms with van der Waals surface area (Å²) in [5.74, 6) is -1.14. The maximum absolute atomic E-state index is 12.7. The van der Waals surface area contributed by atoms with Crippen LogP contribution in [0.4, 0.5) is 13.2 Å². The third-order valence-corrected chi connectivity index (χ3v) is 3.81. The molecule has 0 radical (unpaired) electrons. The van der Waals surface area contributed by atoms with Gasteiger partial charge in [0.25, 0.3) is 0 Å². The molecule has 3 nitrogen and oxygen atoms in total. The molecule has 108 valence electrons. The van der Waals surface area contributed by atoms with Crippen molar-refractivity contribution in [2.24, 2.45) is 5.92 Å². The van der Waals surface area contributed by atoms with E-state index in [4.69, 9.17) is 0 Å². The lowest BCUT2D eigenvalue weighted by atomic mass is 9.85. The Morgan fingerprint density at radius 1 is 1.42 bits per heavy atom. The first-order valence-electron chi connectivity index (χ1n) is 6.81. The normalized spacial score (nSPS) is 24.6. The molecule has 1 fully saturated rings. The van der Waals surface area contributed by atoms with Gasteiger partial charge in [0, 0.05) is 25.3 Å². The molecule has 0 aliphatic heterocycles. The van der Waals surface area contributed by atoms with E-state index in [-0.39, 0.29) is 18.9 Å². The van der Waals surface area contributed by atoms with E-state index in [1.54, 1.807) is 6.20 Å². The van der Waals surface area contributed by atoms with E-state index >= 15 is 0 Å². The molecule has 2 rings (SSSR count). The van der Waals surface area contributed by atoms with Gasteiger partial charge in [-0.15, -0.1) is 0 Å². The standard InChI is InChI=1S/C13H20F3N3/c1-2-19-12(6-7-18-19)9-17-11-5-3-4-10(8-11)13(14,15)16/h6-7,10-11,17H,2-5,8-9H2,1H3. The Hall–Kier alpha value is -1.04. The smallest absolute Gasteiger partial charge is 0.308 e. The first-order chi connectivity index (χ1) is 9.00. The molecule has 1 aliphatic carbocycles. The first kappa shape index (κ1) is 14.4. The topological polar surface area (TPSA) is 29.9 Å². The maximum Gasteiger partial charge on any atom is 0.391 e. The lowest BCUT2D eigenvalue weighted by Gasteiger charge is -2.31. The zero-order valence-electron chi connectivity index (χ0n) is 11.1. The van der Waals surface area contributed by atoms with Crippen molar-refractivity contribution in [2.75, 3.05) is 0 Å². The van der Waals surface area contributed by atoms with Crippen molar-refractivity contribution in [1.82, 2.24) is 15.1 Å². The number of halogens is 3. The Labute approximate surface area is 111 Å². The molecule has 1 aromatic rings. The number of hydrogen-bond donors (Lipinski definition) is 1. The van der Waals surface area contributed by atoms with Gasteiger partial charge in [0.1, 0.15) is 0 Å². The molecule has 19 heavy (non-hydrogen) atoms. The predicted molar refractivity (Wildman–Crippen MR) is 66.5 cm³/mol. The van der Waals surface area contributed by atoms with E-state index in [0.29, 0.717) is 13.0 Å². The largest absolute Gasteiger partial charge is 0.391 e.